The zero-order valence-corrected chi connectivity index (χ0v) is 22.2. The summed E-state index contributed by atoms with van der Waals surface area (Å²) < 4.78 is 13.2. The van der Waals surface area contributed by atoms with Crippen LogP contribution in [0.4, 0.5) is 17.3 Å². The van der Waals surface area contributed by atoms with Crippen LogP contribution in [0.3, 0.4) is 0 Å². The first-order chi connectivity index (χ1) is 18.6. The van der Waals surface area contributed by atoms with Crippen molar-refractivity contribution in [2.45, 2.75) is 13.0 Å². The van der Waals surface area contributed by atoms with Crippen LogP contribution in [-0.4, -0.2) is 82.0 Å². The maximum absolute atomic E-state index is 6.35. The third-order valence-corrected chi connectivity index (χ3v) is 6.71. The van der Waals surface area contributed by atoms with Gasteiger partial charge in [0.1, 0.15) is 17.8 Å². The molecule has 0 saturated carbocycles. The normalized spacial score (nSPS) is 13.9. The van der Waals surface area contributed by atoms with Crippen molar-refractivity contribution in [3.8, 4) is 22.6 Å². The first-order valence-corrected chi connectivity index (χ1v) is 12.8. The Labute approximate surface area is 226 Å². The number of halogens is 1. The van der Waals surface area contributed by atoms with Crippen LogP contribution in [0, 0.1) is 0 Å². The fraction of sp³-hybridized carbons (Fsp3) is 0.346. The number of likely N-dealkylation sites (N-methyl/N-ethyl adjacent to an activating group) is 1. The number of anilines is 3. The molecule has 1 aliphatic heterocycles. The second kappa shape index (κ2) is 12.1. The number of ether oxygens (including phenoxy) is 2. The van der Waals surface area contributed by atoms with E-state index in [2.05, 4.69) is 59.8 Å². The minimum Gasteiger partial charge on any atom is -0.494 e. The molecule has 1 saturated heterocycles. The van der Waals surface area contributed by atoms with Gasteiger partial charge in [0.25, 0.3) is 0 Å². The Morgan fingerprint density at radius 1 is 0.974 bits per heavy atom. The molecule has 4 aromatic rings. The van der Waals surface area contributed by atoms with Crippen LogP contribution in [0.25, 0.3) is 11.1 Å². The van der Waals surface area contributed by atoms with Crippen molar-refractivity contribution in [2.24, 2.45) is 0 Å². The van der Waals surface area contributed by atoms with Crippen molar-refractivity contribution < 1.29 is 9.47 Å². The van der Waals surface area contributed by atoms with E-state index >= 15 is 0 Å². The summed E-state index contributed by atoms with van der Waals surface area (Å²) in [5.74, 6) is 1.83. The Hall–Kier alpha value is -3.96. The minimum absolute atomic E-state index is 0.479. The molecule has 0 unspecified atom stereocenters. The monoisotopic (exact) mass is 535 g/mol. The summed E-state index contributed by atoms with van der Waals surface area (Å²) in [6.45, 7) is 5.23. The van der Waals surface area contributed by atoms with E-state index in [0.717, 1.165) is 60.9 Å². The standard InChI is InChI=1S/C26H30ClN9O2/c1-34-9-11-35(12-10-34)21-5-7-23(25(15-21)37-2)31-26-28-16-20(17-29-26)19-4-6-22(27)24(14-19)38-13-3-8-36-18-30-32-33-36/h4-7,14-18H,3,8-13H2,1-2H3,(H,28,29,31). The van der Waals surface area contributed by atoms with Gasteiger partial charge in [-0.15, -0.1) is 5.10 Å². The molecule has 198 valence electrons. The molecule has 38 heavy (non-hydrogen) atoms. The molecule has 0 spiro atoms. The third-order valence-electron chi connectivity index (χ3n) is 6.40. The third kappa shape index (κ3) is 6.29. The van der Waals surface area contributed by atoms with E-state index < -0.39 is 0 Å². The molecule has 2 aromatic heterocycles. The summed E-state index contributed by atoms with van der Waals surface area (Å²) in [5, 5.41) is 14.9. The van der Waals surface area contributed by atoms with Crippen LogP contribution in [0.1, 0.15) is 6.42 Å². The van der Waals surface area contributed by atoms with Gasteiger partial charge in [-0.2, -0.15) is 0 Å². The number of hydrogen-bond donors (Lipinski definition) is 1. The zero-order chi connectivity index (χ0) is 26.3. The average Bonchev–Trinajstić information content (AvgIpc) is 3.47. The second-order valence-electron chi connectivity index (χ2n) is 9.02. The number of piperazine rings is 1. The summed E-state index contributed by atoms with van der Waals surface area (Å²) in [6, 6.07) is 11.8. The Kier molecular flexibility index (Phi) is 8.15. The van der Waals surface area contributed by atoms with Crippen molar-refractivity contribution >= 4 is 28.9 Å². The number of aryl methyl sites for hydroxylation is 1. The van der Waals surface area contributed by atoms with Crippen LogP contribution in [0.15, 0.2) is 55.1 Å². The quantitative estimate of drug-likeness (QED) is 0.302. The molecule has 3 heterocycles. The maximum atomic E-state index is 6.35. The van der Waals surface area contributed by atoms with E-state index in [0.29, 0.717) is 29.9 Å². The molecule has 1 aliphatic rings. The second-order valence-corrected chi connectivity index (χ2v) is 9.42. The van der Waals surface area contributed by atoms with Gasteiger partial charge in [-0.3, -0.25) is 0 Å². The summed E-state index contributed by atoms with van der Waals surface area (Å²) in [6.07, 6.45) is 5.86. The molecule has 0 amide bonds. The van der Waals surface area contributed by atoms with Crippen LogP contribution < -0.4 is 19.7 Å². The van der Waals surface area contributed by atoms with Gasteiger partial charge in [0, 0.05) is 68.9 Å². The molecule has 12 heteroatoms. The molecule has 0 aliphatic carbocycles. The molecule has 0 radical (unpaired) electrons. The fourth-order valence-corrected chi connectivity index (χ4v) is 4.36. The van der Waals surface area contributed by atoms with E-state index in [1.165, 1.54) is 0 Å². The number of benzene rings is 2. The lowest BCUT2D eigenvalue weighted by molar-refractivity contribution is 0.298. The van der Waals surface area contributed by atoms with Crippen molar-refractivity contribution in [3.63, 3.8) is 0 Å². The lowest BCUT2D eigenvalue weighted by Crippen LogP contribution is -2.44. The van der Waals surface area contributed by atoms with Gasteiger partial charge >= 0.3 is 0 Å². The molecular weight excluding hydrogens is 506 g/mol. The summed E-state index contributed by atoms with van der Waals surface area (Å²) >= 11 is 6.35. The molecule has 1 fully saturated rings. The molecule has 2 aromatic carbocycles. The highest BCUT2D eigenvalue weighted by Crippen LogP contribution is 2.33. The van der Waals surface area contributed by atoms with E-state index in [9.17, 15) is 0 Å². The Morgan fingerprint density at radius 3 is 2.53 bits per heavy atom. The van der Waals surface area contributed by atoms with Gasteiger partial charge in [0.2, 0.25) is 5.95 Å². The van der Waals surface area contributed by atoms with E-state index in [4.69, 9.17) is 21.1 Å². The maximum Gasteiger partial charge on any atom is 0.227 e. The Morgan fingerprint density at radius 2 is 1.79 bits per heavy atom. The summed E-state index contributed by atoms with van der Waals surface area (Å²) in [4.78, 5) is 13.7. The number of aromatic nitrogens is 6. The van der Waals surface area contributed by atoms with Gasteiger partial charge in [0.05, 0.1) is 24.4 Å². The Bertz CT molecular complexity index is 1330. The van der Waals surface area contributed by atoms with Crippen molar-refractivity contribution in [2.75, 3.05) is 57.2 Å². The first kappa shape index (κ1) is 25.7. The predicted molar refractivity (Wildman–Crippen MR) is 146 cm³/mol. The summed E-state index contributed by atoms with van der Waals surface area (Å²) in [7, 11) is 3.82. The number of tetrazole rings is 1. The van der Waals surface area contributed by atoms with E-state index in [1.807, 2.05) is 24.3 Å². The molecule has 0 atom stereocenters. The van der Waals surface area contributed by atoms with Crippen molar-refractivity contribution in [3.05, 3.63) is 60.1 Å². The molecule has 11 nitrogen and oxygen atoms in total. The lowest BCUT2D eigenvalue weighted by atomic mass is 10.1. The van der Waals surface area contributed by atoms with Gasteiger partial charge in [-0.05, 0) is 47.3 Å². The predicted octanol–water partition coefficient (Wildman–Crippen LogP) is 3.76. The van der Waals surface area contributed by atoms with Gasteiger partial charge in [-0.25, -0.2) is 14.6 Å². The average molecular weight is 536 g/mol. The lowest BCUT2D eigenvalue weighted by Gasteiger charge is -2.34. The van der Waals surface area contributed by atoms with Gasteiger partial charge < -0.3 is 24.6 Å². The number of methoxy groups -OCH3 is 1. The first-order valence-electron chi connectivity index (χ1n) is 12.4. The molecule has 5 rings (SSSR count). The van der Waals surface area contributed by atoms with Gasteiger partial charge in [-0.1, -0.05) is 17.7 Å². The van der Waals surface area contributed by atoms with Crippen LogP contribution >= 0.6 is 11.6 Å². The van der Waals surface area contributed by atoms with Crippen LogP contribution in [-0.2, 0) is 6.54 Å². The number of rotatable bonds is 10. The minimum atomic E-state index is 0.479. The van der Waals surface area contributed by atoms with E-state index in [-0.39, 0.29) is 0 Å². The van der Waals surface area contributed by atoms with Crippen molar-refractivity contribution in [1.29, 1.82) is 0 Å². The topological polar surface area (TPSA) is 106 Å². The smallest absolute Gasteiger partial charge is 0.227 e. The molecule has 1 N–H and O–H groups in total. The van der Waals surface area contributed by atoms with Gasteiger partial charge in [0.15, 0.2) is 0 Å². The van der Waals surface area contributed by atoms with Crippen LogP contribution in [0.5, 0.6) is 11.5 Å². The highest BCUT2D eigenvalue weighted by molar-refractivity contribution is 6.32. The number of hydrogen-bond acceptors (Lipinski definition) is 10. The van der Waals surface area contributed by atoms with E-state index in [1.54, 1.807) is 30.5 Å². The largest absolute Gasteiger partial charge is 0.494 e. The SMILES string of the molecule is COc1cc(N2CCN(C)CC2)ccc1Nc1ncc(-c2ccc(Cl)c(OCCCn3cnnn3)c2)cn1. The fourth-order valence-electron chi connectivity index (χ4n) is 4.19. The molecule has 0 bridgehead atoms. The molecular formula is C26H30ClN9O2. The Balaban J connectivity index is 1.22. The highest BCUT2D eigenvalue weighted by atomic mass is 35.5. The zero-order valence-electron chi connectivity index (χ0n) is 21.4. The highest BCUT2D eigenvalue weighted by Gasteiger charge is 2.16. The van der Waals surface area contributed by atoms with Crippen molar-refractivity contribution in [1.82, 2.24) is 35.1 Å². The summed E-state index contributed by atoms with van der Waals surface area (Å²) in [5.41, 5.74) is 3.71. The number of nitrogens with one attached hydrogen (secondary N) is 1. The van der Waals surface area contributed by atoms with Crippen LogP contribution in [0.2, 0.25) is 5.02 Å². The number of nitrogens with zero attached hydrogens (tertiary/aromatic N) is 8.